The average molecular weight is 298 g/mol. The number of thiazole rings is 1. The second-order valence-electron chi connectivity index (χ2n) is 6.68. The van der Waals surface area contributed by atoms with Crippen LogP contribution in [-0.2, 0) is 6.42 Å². The van der Waals surface area contributed by atoms with Crippen molar-refractivity contribution in [1.82, 2.24) is 4.98 Å². The molecule has 4 atom stereocenters. The summed E-state index contributed by atoms with van der Waals surface area (Å²) in [5.74, 6) is 2.64. The van der Waals surface area contributed by atoms with Crippen molar-refractivity contribution in [2.45, 2.75) is 44.1 Å². The van der Waals surface area contributed by atoms with Crippen LogP contribution in [-0.4, -0.2) is 4.98 Å². The van der Waals surface area contributed by atoms with E-state index >= 15 is 0 Å². The molecule has 4 rings (SSSR count). The minimum Gasteiger partial charge on any atom is -0.324 e. The third-order valence-corrected chi connectivity index (χ3v) is 6.31. The van der Waals surface area contributed by atoms with Crippen LogP contribution in [0.1, 0.15) is 53.9 Å². The lowest BCUT2D eigenvalue weighted by molar-refractivity contribution is 0.418. The Hall–Kier alpha value is -1.19. The topological polar surface area (TPSA) is 38.9 Å². The lowest BCUT2D eigenvalue weighted by Gasteiger charge is -2.19. The van der Waals surface area contributed by atoms with E-state index in [1.54, 1.807) is 0 Å². The molecule has 110 valence electrons. The van der Waals surface area contributed by atoms with Crippen molar-refractivity contribution in [3.63, 3.8) is 0 Å². The summed E-state index contributed by atoms with van der Waals surface area (Å²) in [4.78, 5) is 4.92. The first kappa shape index (κ1) is 13.5. The molecular weight excluding hydrogens is 276 g/mol. The number of nitrogens with zero attached hydrogens (tertiary/aromatic N) is 1. The van der Waals surface area contributed by atoms with Crippen LogP contribution in [0.5, 0.6) is 0 Å². The lowest BCUT2D eigenvalue weighted by atomic mass is 9.89. The van der Waals surface area contributed by atoms with Crippen molar-refractivity contribution < 1.29 is 0 Å². The van der Waals surface area contributed by atoms with E-state index in [-0.39, 0.29) is 6.04 Å². The van der Waals surface area contributed by atoms with Crippen LogP contribution in [0.4, 0.5) is 0 Å². The molecule has 2 saturated carbocycles. The monoisotopic (exact) mass is 298 g/mol. The quantitative estimate of drug-likeness (QED) is 0.914. The van der Waals surface area contributed by atoms with Crippen LogP contribution in [0.25, 0.3) is 0 Å². The smallest absolute Gasteiger partial charge is 0.0962 e. The third-order valence-electron chi connectivity index (χ3n) is 5.28. The van der Waals surface area contributed by atoms with Gasteiger partial charge in [0.15, 0.2) is 0 Å². The maximum absolute atomic E-state index is 6.31. The van der Waals surface area contributed by atoms with Gasteiger partial charge in [-0.15, -0.1) is 11.3 Å². The zero-order chi connectivity index (χ0) is 14.2. The Morgan fingerprint density at radius 2 is 2.05 bits per heavy atom. The summed E-state index contributed by atoms with van der Waals surface area (Å²) in [6.45, 7) is 0. The van der Waals surface area contributed by atoms with Gasteiger partial charge in [-0.2, -0.15) is 0 Å². The molecule has 0 spiro atoms. The molecule has 0 aliphatic heterocycles. The van der Waals surface area contributed by atoms with E-state index in [4.69, 9.17) is 10.7 Å². The van der Waals surface area contributed by atoms with Crippen LogP contribution in [0.3, 0.4) is 0 Å². The molecular formula is C18H22N2S. The van der Waals surface area contributed by atoms with E-state index in [9.17, 15) is 0 Å². The van der Waals surface area contributed by atoms with E-state index in [0.29, 0.717) is 0 Å². The summed E-state index contributed by atoms with van der Waals surface area (Å²) >= 11 is 1.86. The highest BCUT2D eigenvalue weighted by atomic mass is 32.1. The highest BCUT2D eigenvalue weighted by Gasteiger charge is 2.41. The maximum atomic E-state index is 6.31. The van der Waals surface area contributed by atoms with Gasteiger partial charge < -0.3 is 5.73 Å². The molecule has 0 amide bonds. The molecule has 2 N–H and O–H groups in total. The summed E-state index contributed by atoms with van der Waals surface area (Å²) in [7, 11) is 0. The fourth-order valence-corrected chi connectivity index (χ4v) is 5.22. The van der Waals surface area contributed by atoms with Crippen molar-refractivity contribution in [1.29, 1.82) is 0 Å². The standard InChI is InChI=1S/C18H22N2S/c19-17(13-4-2-1-3-5-13)10-15-11-21-18(20-15)16-9-12-6-7-14(16)8-12/h1-5,11-12,14,16-17H,6-10,19H2. The molecule has 2 nitrogen and oxygen atoms in total. The van der Waals surface area contributed by atoms with Crippen molar-refractivity contribution >= 4 is 11.3 Å². The van der Waals surface area contributed by atoms with Crippen LogP contribution in [0.15, 0.2) is 35.7 Å². The van der Waals surface area contributed by atoms with E-state index in [0.717, 1.165) is 24.2 Å². The summed E-state index contributed by atoms with van der Waals surface area (Å²) in [6.07, 6.45) is 6.55. The van der Waals surface area contributed by atoms with Gasteiger partial charge in [-0.3, -0.25) is 0 Å². The summed E-state index contributed by atoms with van der Waals surface area (Å²) in [6, 6.07) is 10.4. The molecule has 1 aromatic heterocycles. The third kappa shape index (κ3) is 2.65. The van der Waals surface area contributed by atoms with Crippen molar-refractivity contribution in [3.8, 4) is 0 Å². The molecule has 2 aliphatic carbocycles. The second kappa shape index (κ2) is 5.54. The van der Waals surface area contributed by atoms with Crippen LogP contribution < -0.4 is 5.73 Å². The first-order valence-electron chi connectivity index (χ1n) is 8.04. The molecule has 2 aromatic rings. The zero-order valence-electron chi connectivity index (χ0n) is 12.2. The molecule has 21 heavy (non-hydrogen) atoms. The van der Waals surface area contributed by atoms with Crippen molar-refractivity contribution in [2.75, 3.05) is 0 Å². The summed E-state index contributed by atoms with van der Waals surface area (Å²) in [5.41, 5.74) is 8.69. The van der Waals surface area contributed by atoms with Gasteiger partial charge in [-0.1, -0.05) is 36.8 Å². The van der Waals surface area contributed by atoms with Gasteiger partial charge in [0.1, 0.15) is 0 Å². The maximum Gasteiger partial charge on any atom is 0.0962 e. The normalized spacial score (nSPS) is 28.9. The predicted molar refractivity (Wildman–Crippen MR) is 87.4 cm³/mol. The fourth-order valence-electron chi connectivity index (χ4n) is 4.18. The Labute approximate surface area is 130 Å². The largest absolute Gasteiger partial charge is 0.324 e. The van der Waals surface area contributed by atoms with Gasteiger partial charge in [-0.25, -0.2) is 4.98 Å². The Kier molecular flexibility index (Phi) is 3.56. The summed E-state index contributed by atoms with van der Waals surface area (Å²) < 4.78 is 0. The number of hydrogen-bond acceptors (Lipinski definition) is 3. The Morgan fingerprint density at radius 1 is 1.19 bits per heavy atom. The van der Waals surface area contributed by atoms with Crippen LogP contribution in [0.2, 0.25) is 0 Å². The van der Waals surface area contributed by atoms with Crippen molar-refractivity contribution in [2.24, 2.45) is 17.6 Å². The minimum absolute atomic E-state index is 0.0566. The molecule has 3 heteroatoms. The van der Waals surface area contributed by atoms with Gasteiger partial charge in [0.05, 0.1) is 10.7 Å². The average Bonchev–Trinajstić information content (AvgIpc) is 3.24. The van der Waals surface area contributed by atoms with Gasteiger partial charge >= 0.3 is 0 Å². The lowest BCUT2D eigenvalue weighted by Crippen LogP contribution is -2.14. The van der Waals surface area contributed by atoms with Gasteiger partial charge in [0, 0.05) is 23.8 Å². The first-order valence-corrected chi connectivity index (χ1v) is 8.92. The van der Waals surface area contributed by atoms with Gasteiger partial charge in [0.25, 0.3) is 0 Å². The van der Waals surface area contributed by atoms with E-state index in [1.165, 1.54) is 41.9 Å². The van der Waals surface area contributed by atoms with E-state index < -0.39 is 0 Å². The Bertz CT molecular complexity index is 607. The molecule has 1 heterocycles. The molecule has 1 aromatic carbocycles. The first-order chi connectivity index (χ1) is 10.3. The number of nitrogens with two attached hydrogens (primary N) is 1. The molecule has 0 radical (unpaired) electrons. The number of fused-ring (bicyclic) bond motifs is 2. The van der Waals surface area contributed by atoms with Crippen LogP contribution in [0, 0.1) is 11.8 Å². The molecule has 2 fully saturated rings. The van der Waals surface area contributed by atoms with Crippen LogP contribution >= 0.6 is 11.3 Å². The zero-order valence-corrected chi connectivity index (χ0v) is 13.1. The highest BCUT2D eigenvalue weighted by molar-refractivity contribution is 7.09. The molecule has 2 bridgehead atoms. The fraction of sp³-hybridized carbons (Fsp3) is 0.500. The van der Waals surface area contributed by atoms with Gasteiger partial charge in [0.2, 0.25) is 0 Å². The van der Waals surface area contributed by atoms with Crippen molar-refractivity contribution in [3.05, 3.63) is 52.0 Å². The van der Waals surface area contributed by atoms with E-state index in [2.05, 4.69) is 29.6 Å². The molecule has 0 saturated heterocycles. The number of hydrogen-bond donors (Lipinski definition) is 1. The Morgan fingerprint density at radius 3 is 2.76 bits per heavy atom. The predicted octanol–water partition coefficient (Wildman–Crippen LogP) is 4.29. The Balaban J connectivity index is 1.45. The molecule has 4 unspecified atom stereocenters. The van der Waals surface area contributed by atoms with Gasteiger partial charge in [-0.05, 0) is 36.7 Å². The molecule has 2 aliphatic rings. The second-order valence-corrected chi connectivity index (χ2v) is 7.57. The minimum atomic E-state index is 0.0566. The number of benzene rings is 1. The number of aromatic nitrogens is 1. The van der Waals surface area contributed by atoms with E-state index in [1.807, 2.05) is 17.4 Å². The number of rotatable bonds is 4. The highest BCUT2D eigenvalue weighted by Crippen LogP contribution is 2.53. The summed E-state index contributed by atoms with van der Waals surface area (Å²) in [5, 5.41) is 3.60. The SMILES string of the molecule is NC(Cc1csc(C2CC3CCC2C3)n1)c1ccccc1.